The molecule has 0 spiro atoms. The van der Waals surface area contributed by atoms with Crippen LogP contribution in [0.25, 0.3) is 10.8 Å². The number of hydrogen-bond donors (Lipinski definition) is 0. The molecule has 2 aromatic rings. The van der Waals surface area contributed by atoms with Crippen LogP contribution in [0.1, 0.15) is 25.0 Å². The molecular weight excluding hydrogens is 224 g/mol. The highest BCUT2D eigenvalue weighted by molar-refractivity contribution is 5.86. The SMILES string of the molecule is C=CC[C@H](OC(C)=O)c1cccc2ccccc12. The molecule has 0 radical (unpaired) electrons. The number of fused-ring (bicyclic) bond motifs is 1. The molecule has 0 saturated carbocycles. The predicted octanol–water partition coefficient (Wildman–Crippen LogP) is 4.02. The van der Waals surface area contributed by atoms with Gasteiger partial charge < -0.3 is 4.74 Å². The van der Waals surface area contributed by atoms with Gasteiger partial charge in [0.05, 0.1) is 0 Å². The van der Waals surface area contributed by atoms with Crippen LogP contribution in [0.3, 0.4) is 0 Å². The maximum atomic E-state index is 11.2. The molecule has 92 valence electrons. The summed E-state index contributed by atoms with van der Waals surface area (Å²) >= 11 is 0. The second-order valence-electron chi connectivity index (χ2n) is 4.19. The van der Waals surface area contributed by atoms with Crippen LogP contribution < -0.4 is 0 Å². The fourth-order valence-electron chi connectivity index (χ4n) is 2.12. The van der Waals surface area contributed by atoms with Crippen LogP contribution in [0.4, 0.5) is 0 Å². The molecule has 2 nitrogen and oxygen atoms in total. The largest absolute Gasteiger partial charge is 0.457 e. The van der Waals surface area contributed by atoms with E-state index in [1.807, 2.05) is 30.3 Å². The maximum Gasteiger partial charge on any atom is 0.303 e. The van der Waals surface area contributed by atoms with Crippen molar-refractivity contribution in [3.05, 3.63) is 60.7 Å². The van der Waals surface area contributed by atoms with Crippen molar-refractivity contribution in [2.75, 3.05) is 0 Å². The summed E-state index contributed by atoms with van der Waals surface area (Å²) in [4.78, 5) is 11.2. The van der Waals surface area contributed by atoms with E-state index in [1.165, 1.54) is 6.92 Å². The molecule has 0 unspecified atom stereocenters. The molecule has 0 amide bonds. The van der Waals surface area contributed by atoms with Crippen LogP contribution in [-0.4, -0.2) is 5.97 Å². The average molecular weight is 240 g/mol. The normalized spacial score (nSPS) is 12.1. The van der Waals surface area contributed by atoms with E-state index in [9.17, 15) is 4.79 Å². The number of carbonyl (C=O) groups is 1. The van der Waals surface area contributed by atoms with Gasteiger partial charge in [-0.3, -0.25) is 4.79 Å². The Hall–Kier alpha value is -2.09. The lowest BCUT2D eigenvalue weighted by Crippen LogP contribution is -2.08. The molecule has 0 fully saturated rings. The van der Waals surface area contributed by atoms with Gasteiger partial charge in [0.15, 0.2) is 0 Å². The Morgan fingerprint density at radius 1 is 1.28 bits per heavy atom. The molecule has 18 heavy (non-hydrogen) atoms. The van der Waals surface area contributed by atoms with Gasteiger partial charge in [0.1, 0.15) is 6.10 Å². The van der Waals surface area contributed by atoms with Crippen molar-refractivity contribution in [1.82, 2.24) is 0 Å². The molecular formula is C16H16O2. The number of carbonyl (C=O) groups excluding carboxylic acids is 1. The molecule has 2 aromatic carbocycles. The predicted molar refractivity (Wildman–Crippen MR) is 73.3 cm³/mol. The van der Waals surface area contributed by atoms with Gasteiger partial charge in [-0.25, -0.2) is 0 Å². The van der Waals surface area contributed by atoms with Crippen LogP contribution in [0.15, 0.2) is 55.1 Å². The molecule has 1 atom stereocenters. The highest BCUT2D eigenvalue weighted by Gasteiger charge is 2.15. The monoisotopic (exact) mass is 240 g/mol. The fraction of sp³-hybridized carbons (Fsp3) is 0.188. The third kappa shape index (κ3) is 2.59. The van der Waals surface area contributed by atoms with Crippen molar-refractivity contribution in [2.24, 2.45) is 0 Å². The summed E-state index contributed by atoms with van der Waals surface area (Å²) in [7, 11) is 0. The zero-order chi connectivity index (χ0) is 13.0. The van der Waals surface area contributed by atoms with Crippen molar-refractivity contribution in [3.63, 3.8) is 0 Å². The summed E-state index contributed by atoms with van der Waals surface area (Å²) < 4.78 is 5.37. The van der Waals surface area contributed by atoms with E-state index in [-0.39, 0.29) is 12.1 Å². The minimum Gasteiger partial charge on any atom is -0.457 e. The van der Waals surface area contributed by atoms with Crippen molar-refractivity contribution in [1.29, 1.82) is 0 Å². The Morgan fingerprint density at radius 3 is 2.72 bits per heavy atom. The lowest BCUT2D eigenvalue weighted by Gasteiger charge is -2.17. The van der Waals surface area contributed by atoms with E-state index < -0.39 is 0 Å². The molecule has 0 saturated heterocycles. The lowest BCUT2D eigenvalue weighted by molar-refractivity contribution is -0.146. The van der Waals surface area contributed by atoms with Crippen LogP contribution in [0, 0.1) is 0 Å². The Kier molecular flexibility index (Phi) is 3.78. The van der Waals surface area contributed by atoms with Gasteiger partial charge in [-0.15, -0.1) is 6.58 Å². The molecule has 0 heterocycles. The standard InChI is InChI=1S/C16H16O2/c1-3-7-16(18-12(2)17)15-11-6-9-13-8-4-5-10-14(13)15/h3-6,8-11,16H,1,7H2,2H3/t16-/m0/s1. The number of benzene rings is 2. The number of rotatable bonds is 4. The summed E-state index contributed by atoms with van der Waals surface area (Å²) in [6.45, 7) is 5.15. The number of ether oxygens (including phenoxy) is 1. The van der Waals surface area contributed by atoms with Gasteiger partial charge >= 0.3 is 5.97 Å². The molecule has 0 aliphatic heterocycles. The van der Waals surface area contributed by atoms with Crippen LogP contribution in [-0.2, 0) is 9.53 Å². The first-order valence-corrected chi connectivity index (χ1v) is 5.98. The van der Waals surface area contributed by atoms with Crippen molar-refractivity contribution in [2.45, 2.75) is 19.4 Å². The van der Waals surface area contributed by atoms with E-state index in [4.69, 9.17) is 4.74 Å². The van der Waals surface area contributed by atoms with Gasteiger partial charge in [0, 0.05) is 18.9 Å². The molecule has 0 aliphatic carbocycles. The molecule has 2 rings (SSSR count). The average Bonchev–Trinajstić information content (AvgIpc) is 2.37. The third-order valence-corrected chi connectivity index (χ3v) is 2.86. The van der Waals surface area contributed by atoms with Crippen molar-refractivity contribution in [3.8, 4) is 0 Å². The molecule has 2 heteroatoms. The topological polar surface area (TPSA) is 26.3 Å². The zero-order valence-electron chi connectivity index (χ0n) is 10.4. The summed E-state index contributed by atoms with van der Waals surface area (Å²) in [5, 5.41) is 2.27. The van der Waals surface area contributed by atoms with Gasteiger partial charge in [0.25, 0.3) is 0 Å². The smallest absolute Gasteiger partial charge is 0.303 e. The first-order chi connectivity index (χ1) is 8.72. The van der Waals surface area contributed by atoms with E-state index in [2.05, 4.69) is 18.7 Å². The third-order valence-electron chi connectivity index (χ3n) is 2.86. The minimum atomic E-state index is -0.269. The molecule has 0 bridgehead atoms. The molecule has 0 N–H and O–H groups in total. The highest BCUT2D eigenvalue weighted by atomic mass is 16.5. The van der Waals surface area contributed by atoms with Gasteiger partial charge in [0.2, 0.25) is 0 Å². The number of hydrogen-bond acceptors (Lipinski definition) is 2. The Bertz CT molecular complexity index is 567. The van der Waals surface area contributed by atoms with E-state index in [0.717, 1.165) is 16.3 Å². The molecule has 0 aliphatic rings. The summed E-state index contributed by atoms with van der Waals surface area (Å²) in [5.41, 5.74) is 1.03. The zero-order valence-corrected chi connectivity index (χ0v) is 10.4. The maximum absolute atomic E-state index is 11.2. The van der Waals surface area contributed by atoms with Crippen LogP contribution in [0.5, 0.6) is 0 Å². The number of esters is 1. The van der Waals surface area contributed by atoms with E-state index in [0.29, 0.717) is 6.42 Å². The summed E-state index contributed by atoms with van der Waals surface area (Å²) in [6, 6.07) is 14.1. The Balaban J connectivity index is 2.49. The van der Waals surface area contributed by atoms with Crippen molar-refractivity contribution >= 4 is 16.7 Å². The second kappa shape index (κ2) is 5.50. The van der Waals surface area contributed by atoms with E-state index >= 15 is 0 Å². The highest BCUT2D eigenvalue weighted by Crippen LogP contribution is 2.29. The lowest BCUT2D eigenvalue weighted by atomic mass is 9.98. The quantitative estimate of drug-likeness (QED) is 0.596. The van der Waals surface area contributed by atoms with E-state index in [1.54, 1.807) is 6.08 Å². The fourth-order valence-corrected chi connectivity index (χ4v) is 2.12. The molecule has 0 aromatic heterocycles. The van der Waals surface area contributed by atoms with Crippen molar-refractivity contribution < 1.29 is 9.53 Å². The Morgan fingerprint density at radius 2 is 2.00 bits per heavy atom. The van der Waals surface area contributed by atoms with Gasteiger partial charge in [-0.1, -0.05) is 48.5 Å². The summed E-state index contributed by atoms with van der Waals surface area (Å²) in [5.74, 6) is -0.269. The first-order valence-electron chi connectivity index (χ1n) is 5.98. The van der Waals surface area contributed by atoms with Crippen LogP contribution in [0.2, 0.25) is 0 Å². The first kappa shape index (κ1) is 12.4. The second-order valence-corrected chi connectivity index (χ2v) is 4.19. The van der Waals surface area contributed by atoms with Crippen LogP contribution >= 0.6 is 0 Å². The summed E-state index contributed by atoms with van der Waals surface area (Å²) in [6.07, 6.45) is 2.13. The minimum absolute atomic E-state index is 0.258. The van der Waals surface area contributed by atoms with Gasteiger partial charge in [-0.05, 0) is 10.8 Å². The van der Waals surface area contributed by atoms with Gasteiger partial charge in [-0.2, -0.15) is 0 Å². The Labute approximate surface area is 107 Å².